The summed E-state index contributed by atoms with van der Waals surface area (Å²) in [5, 5.41) is 6.46. The highest BCUT2D eigenvalue weighted by Gasteiger charge is 2.25. The summed E-state index contributed by atoms with van der Waals surface area (Å²) >= 11 is 0. The molecule has 2 aromatic rings. The highest BCUT2D eigenvalue weighted by atomic mass is 19.1. The van der Waals surface area contributed by atoms with Gasteiger partial charge < -0.3 is 9.84 Å². The molecule has 0 radical (unpaired) electrons. The first-order valence-corrected chi connectivity index (χ1v) is 6.47. The number of rotatable bonds is 4. The molecule has 1 amide bonds. The van der Waals surface area contributed by atoms with E-state index in [9.17, 15) is 9.18 Å². The molecule has 1 atom stereocenters. The second kappa shape index (κ2) is 5.86. The molecule has 0 saturated heterocycles. The van der Waals surface area contributed by atoms with Crippen LogP contribution in [0.5, 0.6) is 0 Å². The van der Waals surface area contributed by atoms with Crippen molar-refractivity contribution in [2.45, 2.75) is 26.7 Å². The molecule has 1 unspecified atom stereocenters. The Morgan fingerprint density at radius 1 is 1.30 bits per heavy atom. The second-order valence-corrected chi connectivity index (χ2v) is 5.09. The molecule has 0 aliphatic carbocycles. The third-order valence-electron chi connectivity index (χ3n) is 3.06. The van der Waals surface area contributed by atoms with E-state index in [-0.39, 0.29) is 23.6 Å². The van der Waals surface area contributed by atoms with E-state index in [2.05, 4.69) is 10.5 Å². The number of anilines is 1. The van der Waals surface area contributed by atoms with Gasteiger partial charge in [-0.25, -0.2) is 4.39 Å². The minimum absolute atomic E-state index is 0.0773. The molecule has 20 heavy (non-hydrogen) atoms. The molecule has 0 fully saturated rings. The van der Waals surface area contributed by atoms with Crippen LogP contribution in [-0.2, 0) is 4.79 Å². The molecular weight excluding hydrogens is 259 g/mol. The van der Waals surface area contributed by atoms with Gasteiger partial charge in [0.05, 0.1) is 5.92 Å². The van der Waals surface area contributed by atoms with Crippen molar-refractivity contribution < 1.29 is 13.7 Å². The molecule has 0 aliphatic heterocycles. The smallest absolute Gasteiger partial charge is 0.233 e. The fourth-order valence-corrected chi connectivity index (χ4v) is 2.14. The van der Waals surface area contributed by atoms with E-state index in [0.29, 0.717) is 11.6 Å². The summed E-state index contributed by atoms with van der Waals surface area (Å²) in [5.74, 6) is 0.230. The average molecular weight is 276 g/mol. The number of amides is 1. The maximum atomic E-state index is 13.0. The number of hydrogen-bond acceptors (Lipinski definition) is 3. The number of carbonyl (C=O) groups is 1. The second-order valence-electron chi connectivity index (χ2n) is 5.09. The molecule has 0 bridgehead atoms. The molecule has 4 nitrogen and oxygen atoms in total. The van der Waals surface area contributed by atoms with Gasteiger partial charge in [-0.1, -0.05) is 31.1 Å². The molecule has 1 aromatic heterocycles. The SMILES string of the molecule is Cc1cc(NC(=O)C(c2ccc(F)cc2)C(C)C)no1. The molecule has 1 aromatic carbocycles. The third-order valence-corrected chi connectivity index (χ3v) is 3.06. The summed E-state index contributed by atoms with van der Waals surface area (Å²) in [5.41, 5.74) is 0.777. The van der Waals surface area contributed by atoms with Crippen molar-refractivity contribution >= 4 is 11.7 Å². The number of carbonyl (C=O) groups excluding carboxylic acids is 1. The van der Waals surface area contributed by atoms with E-state index in [1.807, 2.05) is 13.8 Å². The summed E-state index contributed by atoms with van der Waals surface area (Å²) in [6.07, 6.45) is 0. The standard InChI is InChI=1S/C15H17FN2O2/c1-9(2)14(11-4-6-12(16)7-5-11)15(19)17-13-8-10(3)20-18-13/h4-9,14H,1-3H3,(H,17,18,19). The zero-order valence-corrected chi connectivity index (χ0v) is 11.7. The van der Waals surface area contributed by atoms with Gasteiger partial charge in [-0.3, -0.25) is 4.79 Å². The number of benzene rings is 1. The van der Waals surface area contributed by atoms with Crippen molar-refractivity contribution in [3.63, 3.8) is 0 Å². The maximum Gasteiger partial charge on any atom is 0.233 e. The molecule has 2 rings (SSSR count). The average Bonchev–Trinajstić information content (AvgIpc) is 2.77. The van der Waals surface area contributed by atoms with E-state index in [4.69, 9.17) is 4.52 Å². The van der Waals surface area contributed by atoms with Crippen molar-refractivity contribution in [2.75, 3.05) is 5.32 Å². The van der Waals surface area contributed by atoms with E-state index in [1.54, 1.807) is 25.1 Å². The fraction of sp³-hybridized carbons (Fsp3) is 0.333. The van der Waals surface area contributed by atoms with Crippen molar-refractivity contribution in [3.05, 3.63) is 47.5 Å². The van der Waals surface area contributed by atoms with Gasteiger partial charge in [-0.2, -0.15) is 0 Å². The van der Waals surface area contributed by atoms with Crippen molar-refractivity contribution in [3.8, 4) is 0 Å². The van der Waals surface area contributed by atoms with Crippen molar-refractivity contribution in [1.82, 2.24) is 5.16 Å². The molecule has 5 heteroatoms. The zero-order valence-electron chi connectivity index (χ0n) is 11.7. The first kappa shape index (κ1) is 14.2. The number of aryl methyl sites for hydroxylation is 1. The normalized spacial score (nSPS) is 12.4. The fourth-order valence-electron chi connectivity index (χ4n) is 2.14. The molecule has 106 valence electrons. The lowest BCUT2D eigenvalue weighted by Gasteiger charge is -2.20. The van der Waals surface area contributed by atoms with Crippen LogP contribution in [0, 0.1) is 18.7 Å². The number of nitrogens with one attached hydrogen (secondary N) is 1. The van der Waals surface area contributed by atoms with E-state index >= 15 is 0 Å². The van der Waals surface area contributed by atoms with Crippen molar-refractivity contribution in [1.29, 1.82) is 0 Å². The van der Waals surface area contributed by atoms with Crippen LogP contribution >= 0.6 is 0 Å². The number of nitrogens with zero attached hydrogens (tertiary/aromatic N) is 1. The molecule has 0 saturated carbocycles. The lowest BCUT2D eigenvalue weighted by molar-refractivity contribution is -0.118. The third kappa shape index (κ3) is 3.23. The lowest BCUT2D eigenvalue weighted by atomic mass is 9.87. The number of halogens is 1. The summed E-state index contributed by atoms with van der Waals surface area (Å²) < 4.78 is 17.9. The molecule has 1 heterocycles. The van der Waals surface area contributed by atoms with Crippen LogP contribution in [0.2, 0.25) is 0 Å². The predicted octanol–water partition coefficient (Wildman–Crippen LogP) is 3.50. The Hall–Kier alpha value is -2.17. The van der Waals surface area contributed by atoms with Gasteiger partial charge in [0.15, 0.2) is 5.82 Å². The topological polar surface area (TPSA) is 55.1 Å². The molecule has 1 N–H and O–H groups in total. The summed E-state index contributed by atoms with van der Waals surface area (Å²) in [7, 11) is 0. The van der Waals surface area contributed by atoms with Gasteiger partial charge in [0.1, 0.15) is 11.6 Å². The summed E-state index contributed by atoms with van der Waals surface area (Å²) in [6.45, 7) is 5.64. The lowest BCUT2D eigenvalue weighted by Crippen LogP contribution is -2.25. The Bertz CT molecular complexity index is 590. The van der Waals surface area contributed by atoms with E-state index in [0.717, 1.165) is 5.56 Å². The molecular formula is C15H17FN2O2. The molecule has 0 spiro atoms. The predicted molar refractivity (Wildman–Crippen MR) is 73.8 cm³/mol. The maximum absolute atomic E-state index is 13.0. The van der Waals surface area contributed by atoms with Gasteiger partial charge in [0, 0.05) is 6.07 Å². The van der Waals surface area contributed by atoms with E-state index < -0.39 is 0 Å². The van der Waals surface area contributed by atoms with Crippen LogP contribution in [-0.4, -0.2) is 11.1 Å². The van der Waals surface area contributed by atoms with Gasteiger partial charge >= 0.3 is 0 Å². The Morgan fingerprint density at radius 3 is 2.45 bits per heavy atom. The van der Waals surface area contributed by atoms with Crippen LogP contribution in [0.3, 0.4) is 0 Å². The Balaban J connectivity index is 2.20. The monoisotopic (exact) mass is 276 g/mol. The first-order valence-electron chi connectivity index (χ1n) is 6.47. The first-order chi connectivity index (χ1) is 9.47. The van der Waals surface area contributed by atoms with Crippen LogP contribution in [0.1, 0.15) is 31.1 Å². The Kier molecular flexibility index (Phi) is 4.17. The molecule has 0 aliphatic rings. The van der Waals surface area contributed by atoms with Gasteiger partial charge in [0.2, 0.25) is 5.91 Å². The van der Waals surface area contributed by atoms with Crippen molar-refractivity contribution in [2.24, 2.45) is 5.92 Å². The van der Waals surface area contributed by atoms with Crippen LogP contribution in [0.4, 0.5) is 10.2 Å². The van der Waals surface area contributed by atoms with Crippen LogP contribution < -0.4 is 5.32 Å². The van der Waals surface area contributed by atoms with Gasteiger partial charge in [-0.05, 0) is 30.5 Å². The summed E-state index contributed by atoms with van der Waals surface area (Å²) in [4.78, 5) is 12.4. The number of hydrogen-bond donors (Lipinski definition) is 1. The van der Waals surface area contributed by atoms with Crippen LogP contribution in [0.25, 0.3) is 0 Å². The Labute approximate surface area is 117 Å². The quantitative estimate of drug-likeness (QED) is 0.929. The minimum Gasteiger partial charge on any atom is -0.360 e. The van der Waals surface area contributed by atoms with Gasteiger partial charge in [-0.15, -0.1) is 0 Å². The summed E-state index contributed by atoms with van der Waals surface area (Å²) in [6, 6.07) is 7.64. The highest BCUT2D eigenvalue weighted by molar-refractivity contribution is 5.95. The van der Waals surface area contributed by atoms with Gasteiger partial charge in [0.25, 0.3) is 0 Å². The number of aromatic nitrogens is 1. The van der Waals surface area contributed by atoms with Crippen LogP contribution in [0.15, 0.2) is 34.9 Å². The van der Waals surface area contributed by atoms with E-state index in [1.165, 1.54) is 12.1 Å². The zero-order chi connectivity index (χ0) is 14.7. The highest BCUT2D eigenvalue weighted by Crippen LogP contribution is 2.26. The largest absolute Gasteiger partial charge is 0.360 e. The Morgan fingerprint density at radius 2 is 1.95 bits per heavy atom. The minimum atomic E-state index is -0.368.